The van der Waals surface area contributed by atoms with Crippen molar-refractivity contribution in [2.75, 3.05) is 4.90 Å². The minimum Gasteiger partial charge on any atom is -0.482 e. The van der Waals surface area contributed by atoms with Crippen molar-refractivity contribution in [2.45, 2.75) is 17.9 Å². The van der Waals surface area contributed by atoms with Crippen molar-refractivity contribution in [1.29, 1.82) is 0 Å². The number of hydrogen-bond acceptors (Lipinski definition) is 2. The molecular weight excluding hydrogens is 823 g/mol. The van der Waals surface area contributed by atoms with E-state index in [4.69, 9.17) is 4.74 Å². The number of allylic oxidation sites excluding steroid dienone is 5. The van der Waals surface area contributed by atoms with E-state index in [-0.39, 0.29) is 5.92 Å². The number of benzene rings is 9. The topological polar surface area (TPSA) is 12.5 Å². The Balaban J connectivity index is 0.933. The third kappa shape index (κ3) is 6.25. The van der Waals surface area contributed by atoms with Gasteiger partial charge in [-0.2, -0.15) is 0 Å². The second-order valence-electron chi connectivity index (χ2n) is 18.5. The molecule has 0 fully saturated rings. The molecule has 68 heavy (non-hydrogen) atoms. The number of ether oxygens (including phenoxy) is 1. The lowest BCUT2D eigenvalue weighted by atomic mass is 9.67. The number of anilines is 3. The first-order valence-corrected chi connectivity index (χ1v) is 23.7. The summed E-state index contributed by atoms with van der Waals surface area (Å²) in [6.45, 7) is 2.22. The van der Waals surface area contributed by atoms with E-state index in [0.717, 1.165) is 22.8 Å². The predicted molar refractivity (Wildman–Crippen MR) is 281 cm³/mol. The van der Waals surface area contributed by atoms with Gasteiger partial charge >= 0.3 is 0 Å². The third-order valence-corrected chi connectivity index (χ3v) is 14.8. The molecule has 0 N–H and O–H groups in total. The van der Waals surface area contributed by atoms with E-state index in [1.165, 1.54) is 83.5 Å². The Morgan fingerprint density at radius 3 is 1.60 bits per heavy atom. The Labute approximate surface area is 398 Å². The minimum atomic E-state index is -0.490. The van der Waals surface area contributed by atoms with Crippen LogP contribution in [0.15, 0.2) is 266 Å². The van der Waals surface area contributed by atoms with E-state index in [1.807, 2.05) is 0 Å². The maximum atomic E-state index is 6.81. The van der Waals surface area contributed by atoms with Crippen molar-refractivity contribution in [2.24, 2.45) is 5.92 Å². The zero-order valence-corrected chi connectivity index (χ0v) is 37.8. The van der Waals surface area contributed by atoms with Crippen LogP contribution in [0.1, 0.15) is 40.3 Å². The van der Waals surface area contributed by atoms with Crippen LogP contribution in [-0.2, 0) is 5.41 Å². The first-order valence-electron chi connectivity index (χ1n) is 23.7. The minimum absolute atomic E-state index is 0.0757. The molecule has 13 rings (SSSR count). The molecule has 1 heterocycles. The zero-order valence-electron chi connectivity index (χ0n) is 37.8. The highest BCUT2D eigenvalue weighted by Crippen LogP contribution is 2.57. The number of rotatable bonds is 8. The van der Waals surface area contributed by atoms with Gasteiger partial charge in [0.05, 0.1) is 11.3 Å². The summed E-state index contributed by atoms with van der Waals surface area (Å²) in [7, 11) is 0. The molecule has 2 atom stereocenters. The van der Waals surface area contributed by atoms with Crippen molar-refractivity contribution in [3.63, 3.8) is 0 Å². The van der Waals surface area contributed by atoms with Crippen LogP contribution in [0.4, 0.5) is 17.1 Å². The average molecular weight is 870 g/mol. The smallest absolute Gasteiger partial charge is 0.136 e. The Kier molecular flexibility index (Phi) is 9.30. The standard InChI is InChI=1S/C66H47NO/c1-65-43-42-55(59-25-15-26-60(64(59)65)58-24-10-13-29-63(58)68-65)49-18-14-21-54(44-49)67(52-38-34-48(35-39-52)47-32-30-46(31-33-47)45-16-4-2-5-17-45)53-40-36-51(37-41-53)66(50-19-6-3-7-20-50)61-27-11-8-22-56(61)57-23-9-12-28-62(57)66/h2-44,64H,1H3. The fourth-order valence-corrected chi connectivity index (χ4v) is 11.7. The van der Waals surface area contributed by atoms with Crippen molar-refractivity contribution < 1.29 is 4.74 Å². The van der Waals surface area contributed by atoms with Gasteiger partial charge in [0.15, 0.2) is 0 Å². The summed E-state index contributed by atoms with van der Waals surface area (Å²) in [6.07, 6.45) is 11.3. The normalized spacial score (nSPS) is 17.8. The zero-order chi connectivity index (χ0) is 45.2. The van der Waals surface area contributed by atoms with Crippen LogP contribution in [0, 0.1) is 5.92 Å². The van der Waals surface area contributed by atoms with Crippen LogP contribution in [0.5, 0.6) is 5.75 Å². The van der Waals surface area contributed by atoms with Gasteiger partial charge in [-0.3, -0.25) is 0 Å². The highest BCUT2D eigenvalue weighted by atomic mass is 16.5. The lowest BCUT2D eigenvalue weighted by Crippen LogP contribution is -2.45. The van der Waals surface area contributed by atoms with Crippen LogP contribution in [0.25, 0.3) is 44.5 Å². The summed E-state index contributed by atoms with van der Waals surface area (Å²) in [5.74, 6) is 1.02. The van der Waals surface area contributed by atoms with Crippen molar-refractivity contribution in [3.05, 3.63) is 300 Å². The third-order valence-electron chi connectivity index (χ3n) is 14.8. The van der Waals surface area contributed by atoms with Gasteiger partial charge in [-0.1, -0.05) is 212 Å². The fraction of sp³-hybridized carbons (Fsp3) is 0.0606. The molecule has 2 heteroatoms. The van der Waals surface area contributed by atoms with Crippen LogP contribution in [0.2, 0.25) is 0 Å². The van der Waals surface area contributed by atoms with E-state index < -0.39 is 11.0 Å². The van der Waals surface area contributed by atoms with Gasteiger partial charge in [0.25, 0.3) is 0 Å². The number of para-hydroxylation sites is 1. The van der Waals surface area contributed by atoms with Crippen LogP contribution in [0.3, 0.4) is 0 Å². The molecule has 9 aromatic rings. The fourth-order valence-electron chi connectivity index (χ4n) is 11.7. The van der Waals surface area contributed by atoms with Crippen LogP contribution >= 0.6 is 0 Å². The van der Waals surface area contributed by atoms with Crippen LogP contribution in [-0.4, -0.2) is 5.60 Å². The Morgan fingerprint density at radius 2 is 0.941 bits per heavy atom. The van der Waals surface area contributed by atoms with Gasteiger partial charge in [-0.25, -0.2) is 0 Å². The highest BCUT2D eigenvalue weighted by Gasteiger charge is 2.47. The molecule has 9 aromatic carbocycles. The average Bonchev–Trinajstić information content (AvgIpc) is 3.71. The molecule has 0 bridgehead atoms. The second-order valence-corrected chi connectivity index (χ2v) is 18.5. The van der Waals surface area contributed by atoms with Crippen molar-refractivity contribution in [1.82, 2.24) is 0 Å². The van der Waals surface area contributed by atoms with E-state index in [9.17, 15) is 0 Å². The van der Waals surface area contributed by atoms with E-state index in [1.54, 1.807) is 0 Å². The molecule has 0 saturated heterocycles. The monoisotopic (exact) mass is 869 g/mol. The lowest BCUT2D eigenvalue weighted by Gasteiger charge is -2.46. The maximum absolute atomic E-state index is 6.81. The summed E-state index contributed by atoms with van der Waals surface area (Å²) in [6, 6.07) is 84.3. The molecule has 2 unspecified atom stereocenters. The first-order chi connectivity index (χ1) is 33.6. The van der Waals surface area contributed by atoms with Gasteiger partial charge in [-0.05, 0) is 133 Å². The molecular formula is C66H47NO. The molecule has 0 radical (unpaired) electrons. The van der Waals surface area contributed by atoms with Gasteiger partial charge in [-0.15, -0.1) is 0 Å². The second kappa shape index (κ2) is 15.9. The number of nitrogens with zero attached hydrogens (tertiary/aromatic N) is 1. The molecule has 0 amide bonds. The molecule has 0 spiro atoms. The highest BCUT2D eigenvalue weighted by molar-refractivity contribution is 5.92. The number of hydrogen-bond donors (Lipinski definition) is 0. The van der Waals surface area contributed by atoms with Crippen molar-refractivity contribution >= 4 is 28.2 Å². The molecule has 322 valence electrons. The van der Waals surface area contributed by atoms with Crippen molar-refractivity contribution in [3.8, 4) is 39.1 Å². The lowest BCUT2D eigenvalue weighted by molar-refractivity contribution is 0.103. The summed E-state index contributed by atoms with van der Waals surface area (Å²) in [5, 5.41) is 0. The van der Waals surface area contributed by atoms with Gasteiger partial charge in [0.1, 0.15) is 11.4 Å². The Hall–Kier alpha value is -8.46. The van der Waals surface area contributed by atoms with E-state index in [2.05, 4.69) is 273 Å². The summed E-state index contributed by atoms with van der Waals surface area (Å²) in [4.78, 5) is 2.41. The molecule has 1 aliphatic heterocycles. The molecule has 2 nitrogen and oxygen atoms in total. The Bertz CT molecular complexity index is 3480. The van der Waals surface area contributed by atoms with Crippen LogP contribution < -0.4 is 9.64 Å². The first kappa shape index (κ1) is 39.9. The summed E-state index contributed by atoms with van der Waals surface area (Å²) in [5.41, 5.74) is 20.9. The maximum Gasteiger partial charge on any atom is 0.136 e. The SMILES string of the molecule is CC12C=CC(c3cccc(N(c4ccc(-c5ccc(-c6ccccc6)cc5)cc4)c4ccc(C5(c6ccccc6)c6ccccc6-c6ccccc65)cc4)c3)=C3C=CC=C(c4ccccc4O1)C32. The van der Waals surface area contributed by atoms with Gasteiger partial charge in [0, 0.05) is 22.6 Å². The predicted octanol–water partition coefficient (Wildman–Crippen LogP) is 16.6. The molecule has 0 saturated carbocycles. The summed E-state index contributed by atoms with van der Waals surface area (Å²) < 4.78 is 6.81. The van der Waals surface area contributed by atoms with Gasteiger partial charge in [0.2, 0.25) is 0 Å². The number of fused-ring (bicyclic) bond motifs is 5. The molecule has 4 aliphatic rings. The molecule has 0 aromatic heterocycles. The Morgan fingerprint density at radius 1 is 0.426 bits per heavy atom. The van der Waals surface area contributed by atoms with E-state index in [0.29, 0.717) is 0 Å². The molecule has 3 aliphatic carbocycles. The summed E-state index contributed by atoms with van der Waals surface area (Å²) >= 11 is 0. The van der Waals surface area contributed by atoms with E-state index >= 15 is 0 Å². The van der Waals surface area contributed by atoms with Gasteiger partial charge < -0.3 is 9.64 Å². The quantitative estimate of drug-likeness (QED) is 0.151. The largest absolute Gasteiger partial charge is 0.482 e.